The zero-order chi connectivity index (χ0) is 15.2. The maximum atomic E-state index is 11.6. The van der Waals surface area contributed by atoms with Crippen LogP contribution in [-0.2, 0) is 14.9 Å². The molecule has 0 unspecified atom stereocenters. The van der Waals surface area contributed by atoms with Gasteiger partial charge in [-0.25, -0.2) is 4.79 Å². The standard InChI is InChI=1S/C13H18O6S/c1-10(2)19-13(14)11-4-6-12(7-5-11)18-8-3-9-20(15,16)17/h4-7,10H,3,8-9H2,1-2H3,(H,15,16,17). The van der Waals surface area contributed by atoms with E-state index in [0.717, 1.165) is 0 Å². The summed E-state index contributed by atoms with van der Waals surface area (Å²) >= 11 is 0. The van der Waals surface area contributed by atoms with Crippen LogP contribution in [0.15, 0.2) is 24.3 Å². The van der Waals surface area contributed by atoms with Gasteiger partial charge in [0.15, 0.2) is 0 Å². The first-order valence-electron chi connectivity index (χ1n) is 6.17. The second kappa shape index (κ2) is 7.25. The molecule has 1 aromatic carbocycles. The zero-order valence-electron chi connectivity index (χ0n) is 11.4. The van der Waals surface area contributed by atoms with E-state index in [0.29, 0.717) is 11.3 Å². The average Bonchev–Trinajstić information content (AvgIpc) is 2.33. The lowest BCUT2D eigenvalue weighted by Gasteiger charge is -2.09. The van der Waals surface area contributed by atoms with E-state index < -0.39 is 16.1 Å². The number of carbonyl (C=O) groups is 1. The van der Waals surface area contributed by atoms with Crippen LogP contribution in [0.4, 0.5) is 0 Å². The molecule has 0 radical (unpaired) electrons. The molecule has 6 nitrogen and oxygen atoms in total. The third kappa shape index (κ3) is 6.53. The minimum absolute atomic E-state index is 0.162. The van der Waals surface area contributed by atoms with Gasteiger partial charge in [-0.3, -0.25) is 4.55 Å². The first-order valence-corrected chi connectivity index (χ1v) is 7.78. The molecule has 0 saturated heterocycles. The Bertz CT molecular complexity index is 532. The van der Waals surface area contributed by atoms with Crippen LogP contribution < -0.4 is 4.74 Å². The maximum absolute atomic E-state index is 11.6. The number of rotatable bonds is 7. The van der Waals surface area contributed by atoms with Crippen molar-refractivity contribution < 1.29 is 27.2 Å². The summed E-state index contributed by atoms with van der Waals surface area (Å²) in [5.41, 5.74) is 0.420. The first kappa shape index (κ1) is 16.5. The summed E-state index contributed by atoms with van der Waals surface area (Å²) in [6.45, 7) is 3.70. The Labute approximate surface area is 118 Å². The van der Waals surface area contributed by atoms with Gasteiger partial charge >= 0.3 is 5.97 Å². The molecule has 1 rings (SSSR count). The molecule has 1 N–H and O–H groups in total. The van der Waals surface area contributed by atoms with Gasteiger partial charge in [0.25, 0.3) is 10.1 Å². The van der Waals surface area contributed by atoms with Gasteiger partial charge in [0, 0.05) is 0 Å². The number of carbonyl (C=O) groups excluding carboxylic acids is 1. The van der Waals surface area contributed by atoms with Crippen LogP contribution in [0.25, 0.3) is 0 Å². The summed E-state index contributed by atoms with van der Waals surface area (Å²) in [5, 5.41) is 0. The Morgan fingerprint density at radius 2 is 1.85 bits per heavy atom. The van der Waals surface area contributed by atoms with Crippen molar-refractivity contribution in [2.75, 3.05) is 12.4 Å². The van der Waals surface area contributed by atoms with Crippen molar-refractivity contribution >= 4 is 16.1 Å². The molecule has 0 aromatic heterocycles. The lowest BCUT2D eigenvalue weighted by molar-refractivity contribution is 0.0378. The normalized spacial score (nSPS) is 11.4. The predicted octanol–water partition coefficient (Wildman–Crippen LogP) is 1.91. The predicted molar refractivity (Wildman–Crippen MR) is 73.5 cm³/mol. The topological polar surface area (TPSA) is 89.9 Å². The average molecular weight is 302 g/mol. The van der Waals surface area contributed by atoms with Crippen molar-refractivity contribution in [3.05, 3.63) is 29.8 Å². The maximum Gasteiger partial charge on any atom is 0.338 e. The fraction of sp³-hybridized carbons (Fsp3) is 0.462. The van der Waals surface area contributed by atoms with Gasteiger partial charge in [-0.1, -0.05) is 0 Å². The minimum Gasteiger partial charge on any atom is -0.494 e. The Kier molecular flexibility index (Phi) is 5.97. The van der Waals surface area contributed by atoms with E-state index in [2.05, 4.69) is 0 Å². The molecule has 0 aliphatic heterocycles. The lowest BCUT2D eigenvalue weighted by Crippen LogP contribution is -2.11. The zero-order valence-corrected chi connectivity index (χ0v) is 12.2. The number of esters is 1. The van der Waals surface area contributed by atoms with Crippen LogP contribution >= 0.6 is 0 Å². The van der Waals surface area contributed by atoms with Gasteiger partial charge in [-0.15, -0.1) is 0 Å². The third-order valence-corrected chi connectivity index (χ3v) is 3.05. The van der Waals surface area contributed by atoms with Gasteiger partial charge in [-0.2, -0.15) is 8.42 Å². The van der Waals surface area contributed by atoms with Crippen molar-refractivity contribution in [3.63, 3.8) is 0 Å². The van der Waals surface area contributed by atoms with Gasteiger partial charge < -0.3 is 9.47 Å². The van der Waals surface area contributed by atoms with Crippen molar-refractivity contribution in [2.24, 2.45) is 0 Å². The summed E-state index contributed by atoms with van der Waals surface area (Å²) in [5.74, 6) is -0.231. The molecule has 0 saturated carbocycles. The monoisotopic (exact) mass is 302 g/mol. The molecule has 1 aromatic rings. The Balaban J connectivity index is 2.45. The smallest absolute Gasteiger partial charge is 0.338 e. The highest BCUT2D eigenvalue weighted by Gasteiger charge is 2.09. The Morgan fingerprint density at radius 3 is 2.35 bits per heavy atom. The van der Waals surface area contributed by atoms with Gasteiger partial charge in [0.2, 0.25) is 0 Å². The summed E-state index contributed by atoms with van der Waals surface area (Å²) < 4.78 is 39.9. The van der Waals surface area contributed by atoms with Crippen LogP contribution in [0.1, 0.15) is 30.6 Å². The molecule has 112 valence electrons. The molecular weight excluding hydrogens is 284 g/mol. The highest BCUT2D eigenvalue weighted by molar-refractivity contribution is 7.85. The molecule has 0 bridgehead atoms. The second-order valence-electron chi connectivity index (χ2n) is 4.47. The number of hydrogen-bond acceptors (Lipinski definition) is 5. The summed E-state index contributed by atoms with van der Waals surface area (Å²) in [7, 11) is -3.95. The largest absolute Gasteiger partial charge is 0.494 e. The third-order valence-electron chi connectivity index (χ3n) is 2.25. The molecule has 0 amide bonds. The fourth-order valence-corrected chi connectivity index (χ4v) is 1.88. The van der Waals surface area contributed by atoms with E-state index in [4.69, 9.17) is 14.0 Å². The molecule has 0 atom stereocenters. The SMILES string of the molecule is CC(C)OC(=O)c1ccc(OCCCS(=O)(=O)O)cc1. The molecular formula is C13H18O6S. The van der Waals surface area contributed by atoms with Crippen LogP contribution in [0.3, 0.4) is 0 Å². The van der Waals surface area contributed by atoms with Crippen molar-refractivity contribution in [3.8, 4) is 5.75 Å². The number of ether oxygens (including phenoxy) is 2. The first-order chi connectivity index (χ1) is 9.28. The Hall–Kier alpha value is -1.60. The summed E-state index contributed by atoms with van der Waals surface area (Å²) in [6, 6.07) is 6.35. The minimum atomic E-state index is -3.95. The van der Waals surface area contributed by atoms with E-state index in [1.54, 1.807) is 38.1 Å². The summed E-state index contributed by atoms with van der Waals surface area (Å²) in [6.07, 6.45) is 0.00884. The quantitative estimate of drug-likeness (QED) is 0.470. The molecule has 0 heterocycles. The van der Waals surface area contributed by atoms with Crippen molar-refractivity contribution in [1.82, 2.24) is 0 Å². The molecule has 0 spiro atoms. The molecule has 0 aliphatic carbocycles. The van der Waals surface area contributed by atoms with E-state index in [1.807, 2.05) is 0 Å². The molecule has 0 fully saturated rings. The molecule has 7 heteroatoms. The van der Waals surface area contributed by atoms with Crippen LogP contribution in [0.5, 0.6) is 5.75 Å². The van der Waals surface area contributed by atoms with Crippen molar-refractivity contribution in [2.45, 2.75) is 26.4 Å². The molecule has 20 heavy (non-hydrogen) atoms. The van der Waals surface area contributed by atoms with Gasteiger partial charge in [-0.05, 0) is 44.5 Å². The number of hydrogen-bond donors (Lipinski definition) is 1. The van der Waals surface area contributed by atoms with Crippen LogP contribution in [0.2, 0.25) is 0 Å². The van der Waals surface area contributed by atoms with E-state index >= 15 is 0 Å². The lowest BCUT2D eigenvalue weighted by atomic mass is 10.2. The van der Waals surface area contributed by atoms with Crippen molar-refractivity contribution in [1.29, 1.82) is 0 Å². The highest BCUT2D eigenvalue weighted by atomic mass is 32.2. The van der Waals surface area contributed by atoms with Gasteiger partial charge in [0.1, 0.15) is 5.75 Å². The van der Waals surface area contributed by atoms with E-state index in [9.17, 15) is 13.2 Å². The Morgan fingerprint density at radius 1 is 1.25 bits per heavy atom. The molecule has 0 aliphatic rings. The number of benzene rings is 1. The summed E-state index contributed by atoms with van der Waals surface area (Å²) in [4.78, 5) is 11.6. The van der Waals surface area contributed by atoms with E-state index in [1.165, 1.54) is 0 Å². The van der Waals surface area contributed by atoms with Crippen LogP contribution in [-0.4, -0.2) is 37.4 Å². The van der Waals surface area contributed by atoms with E-state index in [-0.39, 0.29) is 24.9 Å². The van der Waals surface area contributed by atoms with Gasteiger partial charge in [0.05, 0.1) is 24.0 Å². The highest BCUT2D eigenvalue weighted by Crippen LogP contribution is 2.13. The second-order valence-corrected chi connectivity index (χ2v) is 6.04. The van der Waals surface area contributed by atoms with Crippen LogP contribution in [0, 0.1) is 0 Å². The fourth-order valence-electron chi connectivity index (χ4n) is 1.40.